The van der Waals surface area contributed by atoms with Crippen LogP contribution in [0.1, 0.15) is 22.8 Å². The van der Waals surface area contributed by atoms with Crippen LogP contribution in [0, 0.1) is 0 Å². The van der Waals surface area contributed by atoms with E-state index in [1.165, 1.54) is 6.08 Å². The lowest BCUT2D eigenvalue weighted by Crippen LogP contribution is -2.23. The summed E-state index contributed by atoms with van der Waals surface area (Å²) in [7, 11) is 0. The van der Waals surface area contributed by atoms with Gasteiger partial charge in [-0.05, 0) is 31.2 Å². The molecule has 0 aliphatic carbocycles. The predicted octanol–water partition coefficient (Wildman–Crippen LogP) is 4.83. The number of hydrogen-bond donors (Lipinski definition) is 0. The van der Waals surface area contributed by atoms with E-state index in [1.807, 2.05) is 30.3 Å². The molecule has 0 spiro atoms. The summed E-state index contributed by atoms with van der Waals surface area (Å²) in [6.45, 7) is 1.57. The van der Waals surface area contributed by atoms with E-state index in [2.05, 4.69) is 20.9 Å². The van der Waals surface area contributed by atoms with E-state index in [4.69, 9.17) is 4.74 Å². The molecule has 1 aromatic heterocycles. The van der Waals surface area contributed by atoms with Gasteiger partial charge in [0.15, 0.2) is 6.10 Å². The molecule has 130 valence electrons. The number of aromatic nitrogens is 1. The van der Waals surface area contributed by atoms with Gasteiger partial charge in [-0.1, -0.05) is 52.3 Å². The van der Waals surface area contributed by atoms with Gasteiger partial charge in [-0.3, -0.25) is 9.78 Å². The Morgan fingerprint density at radius 2 is 1.81 bits per heavy atom. The standard InChI is InChI=1S/C21H16BrNO3/c1-14(21(25)17-7-10-18(22)11-8-17)26-19(24)12-9-16-5-2-4-15-6-3-13-23-20(15)16/h2-14H,1H3. The Bertz CT molecular complexity index is 975. The lowest BCUT2D eigenvalue weighted by molar-refractivity contribution is -0.140. The highest BCUT2D eigenvalue weighted by Gasteiger charge is 2.18. The Balaban J connectivity index is 1.68. The van der Waals surface area contributed by atoms with Crippen molar-refractivity contribution in [2.45, 2.75) is 13.0 Å². The summed E-state index contributed by atoms with van der Waals surface area (Å²) in [5, 5.41) is 0.988. The highest BCUT2D eigenvalue weighted by atomic mass is 79.9. The molecule has 5 heteroatoms. The van der Waals surface area contributed by atoms with Gasteiger partial charge < -0.3 is 4.74 Å². The van der Waals surface area contributed by atoms with Crippen molar-refractivity contribution < 1.29 is 14.3 Å². The van der Waals surface area contributed by atoms with Gasteiger partial charge in [0, 0.05) is 33.3 Å². The molecule has 0 saturated carbocycles. The number of ketones is 1. The fourth-order valence-corrected chi connectivity index (χ4v) is 2.80. The Kier molecular flexibility index (Phi) is 5.58. The van der Waals surface area contributed by atoms with E-state index < -0.39 is 12.1 Å². The van der Waals surface area contributed by atoms with Crippen LogP contribution in [-0.2, 0) is 9.53 Å². The number of rotatable bonds is 5. The maximum Gasteiger partial charge on any atom is 0.331 e. The van der Waals surface area contributed by atoms with E-state index >= 15 is 0 Å². The van der Waals surface area contributed by atoms with Crippen molar-refractivity contribution in [3.8, 4) is 0 Å². The van der Waals surface area contributed by atoms with Gasteiger partial charge in [-0.2, -0.15) is 0 Å². The topological polar surface area (TPSA) is 56.3 Å². The molecule has 0 bridgehead atoms. The van der Waals surface area contributed by atoms with Crippen molar-refractivity contribution in [3.63, 3.8) is 0 Å². The minimum Gasteiger partial charge on any atom is -0.451 e. The van der Waals surface area contributed by atoms with Crippen molar-refractivity contribution >= 4 is 44.7 Å². The van der Waals surface area contributed by atoms with Gasteiger partial charge in [0.25, 0.3) is 0 Å². The molecular formula is C21H16BrNO3. The smallest absolute Gasteiger partial charge is 0.331 e. The van der Waals surface area contributed by atoms with Crippen LogP contribution in [0.3, 0.4) is 0 Å². The van der Waals surface area contributed by atoms with Crippen LogP contribution in [-0.4, -0.2) is 22.8 Å². The Hall–Kier alpha value is -2.79. The zero-order chi connectivity index (χ0) is 18.5. The highest BCUT2D eigenvalue weighted by molar-refractivity contribution is 9.10. The number of hydrogen-bond acceptors (Lipinski definition) is 4. The zero-order valence-corrected chi connectivity index (χ0v) is 15.6. The molecule has 0 aliphatic rings. The second-order valence-electron chi connectivity index (χ2n) is 5.71. The van der Waals surface area contributed by atoms with E-state index in [-0.39, 0.29) is 5.78 Å². The molecule has 1 heterocycles. The fourth-order valence-electron chi connectivity index (χ4n) is 2.54. The summed E-state index contributed by atoms with van der Waals surface area (Å²) >= 11 is 3.32. The van der Waals surface area contributed by atoms with Gasteiger partial charge in [-0.15, -0.1) is 0 Å². The summed E-state index contributed by atoms with van der Waals surface area (Å²) in [5.74, 6) is -0.818. The minimum atomic E-state index is -0.862. The van der Waals surface area contributed by atoms with Crippen LogP contribution < -0.4 is 0 Å². The van der Waals surface area contributed by atoms with E-state index in [0.29, 0.717) is 5.56 Å². The maximum absolute atomic E-state index is 12.3. The third-order valence-corrected chi connectivity index (χ3v) is 4.38. The van der Waals surface area contributed by atoms with Crippen LogP contribution >= 0.6 is 15.9 Å². The van der Waals surface area contributed by atoms with E-state index in [9.17, 15) is 9.59 Å². The summed E-state index contributed by atoms with van der Waals surface area (Å²) in [5.41, 5.74) is 2.11. The van der Waals surface area contributed by atoms with Crippen LogP contribution in [0.25, 0.3) is 17.0 Å². The van der Waals surface area contributed by atoms with Crippen LogP contribution in [0.5, 0.6) is 0 Å². The Labute approximate surface area is 159 Å². The summed E-state index contributed by atoms with van der Waals surface area (Å²) in [4.78, 5) is 28.7. The summed E-state index contributed by atoms with van der Waals surface area (Å²) in [6.07, 6.45) is 3.80. The maximum atomic E-state index is 12.3. The Morgan fingerprint density at radius 1 is 1.08 bits per heavy atom. The minimum absolute atomic E-state index is 0.244. The molecule has 26 heavy (non-hydrogen) atoms. The lowest BCUT2D eigenvalue weighted by atomic mass is 10.1. The van der Waals surface area contributed by atoms with E-state index in [1.54, 1.807) is 43.5 Å². The quantitative estimate of drug-likeness (QED) is 0.344. The largest absolute Gasteiger partial charge is 0.451 e. The molecule has 0 aliphatic heterocycles. The number of pyridine rings is 1. The van der Waals surface area contributed by atoms with Crippen molar-refractivity contribution in [3.05, 3.63) is 82.5 Å². The molecule has 0 N–H and O–H groups in total. The highest BCUT2D eigenvalue weighted by Crippen LogP contribution is 2.17. The predicted molar refractivity (Wildman–Crippen MR) is 105 cm³/mol. The molecular weight excluding hydrogens is 394 g/mol. The second-order valence-corrected chi connectivity index (χ2v) is 6.62. The molecule has 2 aromatic carbocycles. The van der Waals surface area contributed by atoms with Crippen LogP contribution in [0.15, 0.2) is 71.3 Å². The number of ether oxygens (including phenoxy) is 1. The SMILES string of the molecule is CC(OC(=O)C=Cc1cccc2cccnc12)C(=O)c1ccc(Br)cc1. The monoisotopic (exact) mass is 409 g/mol. The molecule has 1 unspecified atom stereocenters. The normalized spacial score (nSPS) is 12.2. The molecule has 0 amide bonds. The molecule has 0 radical (unpaired) electrons. The number of fused-ring (bicyclic) bond motifs is 1. The third kappa shape index (κ3) is 4.24. The van der Waals surface area contributed by atoms with Gasteiger partial charge in [0.1, 0.15) is 0 Å². The summed E-state index contributed by atoms with van der Waals surface area (Å²) < 4.78 is 6.10. The van der Waals surface area contributed by atoms with Gasteiger partial charge in [0.2, 0.25) is 5.78 Å². The summed E-state index contributed by atoms with van der Waals surface area (Å²) in [6, 6.07) is 16.5. The molecule has 3 aromatic rings. The van der Waals surface area contributed by atoms with Crippen molar-refractivity contribution in [2.75, 3.05) is 0 Å². The zero-order valence-electron chi connectivity index (χ0n) is 14.1. The van der Waals surface area contributed by atoms with Crippen LogP contribution in [0.4, 0.5) is 0 Å². The first kappa shape index (κ1) is 18.0. The first-order valence-electron chi connectivity index (χ1n) is 8.07. The number of para-hydroxylation sites is 1. The number of nitrogens with zero attached hydrogens (tertiary/aromatic N) is 1. The van der Waals surface area contributed by atoms with Crippen molar-refractivity contribution in [1.29, 1.82) is 0 Å². The fraction of sp³-hybridized carbons (Fsp3) is 0.0952. The number of Topliss-reactive ketones (excluding diaryl/α,β-unsaturated/α-hetero) is 1. The number of carbonyl (C=O) groups is 2. The number of halogens is 1. The van der Waals surface area contributed by atoms with Crippen molar-refractivity contribution in [2.24, 2.45) is 0 Å². The number of esters is 1. The molecule has 0 fully saturated rings. The molecule has 4 nitrogen and oxygen atoms in total. The second kappa shape index (κ2) is 8.06. The van der Waals surface area contributed by atoms with Crippen LogP contribution in [0.2, 0.25) is 0 Å². The third-order valence-electron chi connectivity index (χ3n) is 3.85. The van der Waals surface area contributed by atoms with Gasteiger partial charge in [-0.25, -0.2) is 4.79 Å². The number of benzene rings is 2. The molecule has 3 rings (SSSR count). The number of carbonyl (C=O) groups excluding carboxylic acids is 2. The van der Waals surface area contributed by atoms with Crippen molar-refractivity contribution in [1.82, 2.24) is 4.98 Å². The first-order chi connectivity index (χ1) is 12.5. The first-order valence-corrected chi connectivity index (χ1v) is 8.86. The Morgan fingerprint density at radius 3 is 2.58 bits per heavy atom. The van der Waals surface area contributed by atoms with Gasteiger partial charge in [0.05, 0.1) is 5.52 Å². The van der Waals surface area contributed by atoms with E-state index in [0.717, 1.165) is 20.9 Å². The lowest BCUT2D eigenvalue weighted by Gasteiger charge is -2.11. The van der Waals surface area contributed by atoms with Gasteiger partial charge >= 0.3 is 5.97 Å². The molecule has 1 atom stereocenters. The average Bonchev–Trinajstić information content (AvgIpc) is 2.66. The average molecular weight is 410 g/mol. The molecule has 0 saturated heterocycles.